The standard InChI is InChI=1S/C26H30N2O5/c1-16(25(30)31)28(2)24(29)18-13-7-8-17(18)14-27-26(32)33-15-23-21-11-5-3-9-19(21)20-10-4-6-12-22(20)23/h3-6,9-12,16-18,23H,7-8,13-15H2,1-2H3,(H,27,32)(H,30,31)/t16-,17+,18+/m0/s1. The van der Waals surface area contributed by atoms with Crippen LogP contribution in [0.2, 0.25) is 0 Å². The first kappa shape index (κ1) is 22.8. The lowest BCUT2D eigenvalue weighted by atomic mass is 9.94. The number of ether oxygens (including phenoxy) is 1. The highest BCUT2D eigenvalue weighted by Gasteiger charge is 2.37. The molecule has 174 valence electrons. The number of benzene rings is 2. The number of hydrogen-bond acceptors (Lipinski definition) is 4. The van der Waals surface area contributed by atoms with Crippen LogP contribution < -0.4 is 5.32 Å². The minimum absolute atomic E-state index is 0.00453. The number of carbonyl (C=O) groups is 3. The Labute approximate surface area is 193 Å². The Morgan fingerprint density at radius 3 is 2.27 bits per heavy atom. The highest BCUT2D eigenvalue weighted by molar-refractivity contribution is 5.85. The highest BCUT2D eigenvalue weighted by atomic mass is 16.5. The van der Waals surface area contributed by atoms with Crippen LogP contribution in [-0.2, 0) is 14.3 Å². The van der Waals surface area contributed by atoms with Gasteiger partial charge in [0.05, 0.1) is 0 Å². The first-order chi connectivity index (χ1) is 15.9. The molecule has 33 heavy (non-hydrogen) atoms. The number of carboxylic acids is 1. The number of fused-ring (bicyclic) bond motifs is 3. The highest BCUT2D eigenvalue weighted by Crippen LogP contribution is 2.44. The van der Waals surface area contributed by atoms with Gasteiger partial charge in [0.1, 0.15) is 12.6 Å². The van der Waals surface area contributed by atoms with E-state index in [1.54, 1.807) is 0 Å². The Balaban J connectivity index is 1.33. The van der Waals surface area contributed by atoms with Gasteiger partial charge in [0, 0.05) is 25.4 Å². The smallest absolute Gasteiger partial charge is 0.407 e. The zero-order chi connectivity index (χ0) is 23.5. The number of rotatable bonds is 7. The van der Waals surface area contributed by atoms with E-state index in [0.717, 1.165) is 24.0 Å². The van der Waals surface area contributed by atoms with Crippen LogP contribution >= 0.6 is 0 Å². The second-order valence-corrected chi connectivity index (χ2v) is 8.97. The molecule has 4 rings (SSSR count). The van der Waals surface area contributed by atoms with Crippen molar-refractivity contribution >= 4 is 18.0 Å². The molecule has 0 aromatic heterocycles. The van der Waals surface area contributed by atoms with Crippen molar-refractivity contribution in [1.82, 2.24) is 10.2 Å². The molecule has 7 nitrogen and oxygen atoms in total. The van der Waals surface area contributed by atoms with E-state index in [4.69, 9.17) is 4.74 Å². The Morgan fingerprint density at radius 1 is 1.06 bits per heavy atom. The van der Waals surface area contributed by atoms with Gasteiger partial charge >= 0.3 is 12.1 Å². The number of nitrogens with one attached hydrogen (secondary N) is 1. The number of aliphatic carboxylic acids is 1. The molecule has 7 heteroatoms. The molecule has 3 atom stereocenters. The Hall–Kier alpha value is -3.35. The molecule has 2 aliphatic carbocycles. The van der Waals surface area contributed by atoms with Crippen LogP contribution in [0.1, 0.15) is 43.2 Å². The molecular weight excluding hydrogens is 420 g/mol. The molecule has 0 heterocycles. The van der Waals surface area contributed by atoms with Crippen LogP contribution in [0, 0.1) is 11.8 Å². The number of likely N-dealkylation sites (N-methyl/N-ethyl adjacent to an activating group) is 1. The van der Waals surface area contributed by atoms with Crippen LogP contribution in [-0.4, -0.2) is 54.2 Å². The summed E-state index contributed by atoms with van der Waals surface area (Å²) in [7, 11) is 1.52. The number of carboxylic acid groups (broad SMARTS) is 1. The molecular formula is C26H30N2O5. The molecule has 2 N–H and O–H groups in total. The van der Waals surface area contributed by atoms with Gasteiger partial charge in [-0.15, -0.1) is 0 Å². The molecule has 2 aromatic carbocycles. The summed E-state index contributed by atoms with van der Waals surface area (Å²) in [5.74, 6) is -1.53. The maximum atomic E-state index is 12.8. The van der Waals surface area contributed by atoms with Gasteiger partial charge in [-0.1, -0.05) is 55.0 Å². The molecule has 2 aliphatic rings. The van der Waals surface area contributed by atoms with E-state index >= 15 is 0 Å². The van der Waals surface area contributed by atoms with Crippen molar-refractivity contribution in [2.24, 2.45) is 11.8 Å². The lowest BCUT2D eigenvalue weighted by Crippen LogP contribution is -2.45. The lowest BCUT2D eigenvalue weighted by molar-refractivity contribution is -0.150. The van der Waals surface area contributed by atoms with Crippen molar-refractivity contribution in [3.8, 4) is 11.1 Å². The molecule has 2 amide bonds. The minimum Gasteiger partial charge on any atom is -0.480 e. The van der Waals surface area contributed by atoms with Gasteiger partial charge < -0.3 is 20.1 Å². The normalized spacial score (nSPS) is 19.9. The van der Waals surface area contributed by atoms with E-state index < -0.39 is 18.1 Å². The average Bonchev–Trinajstić information content (AvgIpc) is 3.42. The SMILES string of the molecule is C[C@@H](C(=O)O)N(C)C(=O)[C@@H]1CCC[C@@H]1CNC(=O)OCC1c2ccccc2-c2ccccc21. The fourth-order valence-corrected chi connectivity index (χ4v) is 5.09. The molecule has 0 saturated heterocycles. The zero-order valence-corrected chi connectivity index (χ0v) is 19.0. The van der Waals surface area contributed by atoms with Crippen molar-refractivity contribution in [3.63, 3.8) is 0 Å². The number of hydrogen-bond donors (Lipinski definition) is 2. The fourth-order valence-electron chi connectivity index (χ4n) is 5.09. The molecule has 0 spiro atoms. The first-order valence-corrected chi connectivity index (χ1v) is 11.5. The average molecular weight is 451 g/mol. The third-order valence-corrected chi connectivity index (χ3v) is 7.11. The zero-order valence-electron chi connectivity index (χ0n) is 19.0. The van der Waals surface area contributed by atoms with Gasteiger partial charge in [-0.3, -0.25) is 4.79 Å². The summed E-state index contributed by atoms with van der Waals surface area (Å²) in [6.07, 6.45) is 1.90. The van der Waals surface area contributed by atoms with Gasteiger partial charge in [-0.2, -0.15) is 0 Å². The Morgan fingerprint density at radius 2 is 1.67 bits per heavy atom. The van der Waals surface area contributed by atoms with E-state index in [9.17, 15) is 19.5 Å². The molecule has 0 unspecified atom stereocenters. The number of carbonyl (C=O) groups excluding carboxylic acids is 2. The summed E-state index contributed by atoms with van der Waals surface area (Å²) < 4.78 is 5.59. The van der Waals surface area contributed by atoms with Crippen molar-refractivity contribution in [3.05, 3.63) is 59.7 Å². The molecule has 0 radical (unpaired) electrons. The Kier molecular flexibility index (Phi) is 6.67. The quantitative estimate of drug-likeness (QED) is 0.668. The van der Waals surface area contributed by atoms with E-state index in [-0.39, 0.29) is 30.3 Å². The van der Waals surface area contributed by atoms with E-state index in [2.05, 4.69) is 29.6 Å². The number of alkyl carbamates (subject to hydrolysis) is 1. The van der Waals surface area contributed by atoms with Gasteiger partial charge in [0.25, 0.3) is 0 Å². The topological polar surface area (TPSA) is 95.9 Å². The predicted octanol–water partition coefficient (Wildman–Crippen LogP) is 3.87. The number of nitrogens with zero attached hydrogens (tertiary/aromatic N) is 1. The van der Waals surface area contributed by atoms with Gasteiger partial charge in [-0.05, 0) is 47.9 Å². The first-order valence-electron chi connectivity index (χ1n) is 11.5. The Bertz CT molecular complexity index is 1010. The van der Waals surface area contributed by atoms with Gasteiger partial charge in [0.2, 0.25) is 5.91 Å². The van der Waals surface area contributed by atoms with Crippen molar-refractivity contribution < 1.29 is 24.2 Å². The monoisotopic (exact) mass is 450 g/mol. The van der Waals surface area contributed by atoms with Crippen LogP contribution in [0.3, 0.4) is 0 Å². The third kappa shape index (κ3) is 4.58. The largest absolute Gasteiger partial charge is 0.480 e. The van der Waals surface area contributed by atoms with Crippen LogP contribution in [0.25, 0.3) is 11.1 Å². The van der Waals surface area contributed by atoms with Crippen LogP contribution in [0.4, 0.5) is 4.79 Å². The van der Waals surface area contributed by atoms with Crippen LogP contribution in [0.5, 0.6) is 0 Å². The maximum absolute atomic E-state index is 12.8. The van der Waals surface area contributed by atoms with E-state index in [0.29, 0.717) is 13.0 Å². The third-order valence-electron chi connectivity index (χ3n) is 7.11. The summed E-state index contributed by atoms with van der Waals surface area (Å²) in [5, 5.41) is 12.0. The lowest BCUT2D eigenvalue weighted by Gasteiger charge is -2.27. The summed E-state index contributed by atoms with van der Waals surface area (Å²) in [5.41, 5.74) is 4.66. The molecule has 2 aromatic rings. The van der Waals surface area contributed by atoms with Gasteiger partial charge in [0.15, 0.2) is 0 Å². The minimum atomic E-state index is -1.03. The molecule has 1 fully saturated rings. The molecule has 0 aliphatic heterocycles. The van der Waals surface area contributed by atoms with E-state index in [1.165, 1.54) is 30.0 Å². The summed E-state index contributed by atoms with van der Waals surface area (Å²) in [4.78, 5) is 37.8. The maximum Gasteiger partial charge on any atom is 0.407 e. The fraction of sp³-hybridized carbons (Fsp3) is 0.423. The van der Waals surface area contributed by atoms with E-state index in [1.807, 2.05) is 24.3 Å². The summed E-state index contributed by atoms with van der Waals surface area (Å²) in [6, 6.07) is 15.5. The van der Waals surface area contributed by atoms with Gasteiger partial charge in [-0.25, -0.2) is 9.59 Å². The molecule has 1 saturated carbocycles. The summed E-state index contributed by atoms with van der Waals surface area (Å²) >= 11 is 0. The van der Waals surface area contributed by atoms with Crippen molar-refractivity contribution in [2.45, 2.75) is 38.1 Å². The molecule has 0 bridgehead atoms. The van der Waals surface area contributed by atoms with Crippen LogP contribution in [0.15, 0.2) is 48.5 Å². The predicted molar refractivity (Wildman–Crippen MR) is 124 cm³/mol. The second-order valence-electron chi connectivity index (χ2n) is 8.97. The van der Waals surface area contributed by atoms with Crippen molar-refractivity contribution in [2.75, 3.05) is 20.2 Å². The summed E-state index contributed by atoms with van der Waals surface area (Å²) in [6.45, 7) is 2.08. The number of amides is 2. The van der Waals surface area contributed by atoms with Crippen molar-refractivity contribution in [1.29, 1.82) is 0 Å². The second kappa shape index (κ2) is 9.65.